The Hall–Kier alpha value is -1.67. The molecule has 0 saturated heterocycles. The fourth-order valence-electron chi connectivity index (χ4n) is 1.05. The van der Waals surface area contributed by atoms with Crippen molar-refractivity contribution in [3.63, 3.8) is 0 Å². The van der Waals surface area contributed by atoms with Crippen molar-refractivity contribution in [2.45, 2.75) is 0 Å². The highest BCUT2D eigenvalue weighted by molar-refractivity contribution is 7.95. The average Bonchev–Trinajstić information content (AvgIpc) is 2.25. The summed E-state index contributed by atoms with van der Waals surface area (Å²) < 4.78 is 31.9. The molecule has 16 heavy (non-hydrogen) atoms. The fraction of sp³-hybridized carbons (Fsp3) is 0.273. The van der Waals surface area contributed by atoms with Gasteiger partial charge in [0.2, 0.25) is 9.84 Å². The summed E-state index contributed by atoms with van der Waals surface area (Å²) in [5.74, 6) is 3.65. The van der Waals surface area contributed by atoms with Crippen LogP contribution in [-0.2, 0) is 9.84 Å². The van der Waals surface area contributed by atoms with Crippen LogP contribution in [-0.4, -0.2) is 28.9 Å². The van der Waals surface area contributed by atoms with Gasteiger partial charge in [-0.25, -0.2) is 8.42 Å². The molecular formula is C11H12O4S. The Balaban J connectivity index is 3.18. The van der Waals surface area contributed by atoms with Crippen molar-refractivity contribution in [2.24, 2.45) is 0 Å². The van der Waals surface area contributed by atoms with E-state index in [1.165, 1.54) is 14.2 Å². The van der Waals surface area contributed by atoms with Crippen molar-refractivity contribution in [2.75, 3.05) is 20.5 Å². The molecule has 0 radical (unpaired) electrons. The van der Waals surface area contributed by atoms with Crippen LogP contribution >= 0.6 is 0 Å². The average molecular weight is 240 g/mol. The maximum atomic E-state index is 10.9. The molecule has 4 nitrogen and oxygen atoms in total. The smallest absolute Gasteiger partial charge is 0.214 e. The standard InChI is InChI=1S/C11H12O4S/c1-14-10-5-4-9(11(8-10)15-2)6-7-16(3,12)13/h4-5,8H,1-3H3. The molecule has 1 rings (SSSR count). The number of ether oxygens (including phenoxy) is 2. The van der Waals surface area contributed by atoms with Gasteiger partial charge in [0.25, 0.3) is 0 Å². The van der Waals surface area contributed by atoms with Crippen LogP contribution in [0, 0.1) is 11.2 Å². The highest BCUT2D eigenvalue weighted by atomic mass is 32.2. The van der Waals surface area contributed by atoms with E-state index in [2.05, 4.69) is 11.2 Å². The normalized spacial score (nSPS) is 10.2. The summed E-state index contributed by atoms with van der Waals surface area (Å²) in [7, 11) is -0.286. The maximum absolute atomic E-state index is 10.9. The number of hydrogen-bond acceptors (Lipinski definition) is 4. The van der Waals surface area contributed by atoms with Crippen molar-refractivity contribution in [1.82, 2.24) is 0 Å². The lowest BCUT2D eigenvalue weighted by Gasteiger charge is -2.05. The van der Waals surface area contributed by atoms with E-state index in [-0.39, 0.29) is 0 Å². The molecular weight excluding hydrogens is 228 g/mol. The Morgan fingerprint density at radius 2 is 1.88 bits per heavy atom. The first-order chi connectivity index (χ1) is 7.46. The number of benzene rings is 1. The molecule has 0 N–H and O–H groups in total. The van der Waals surface area contributed by atoms with Gasteiger partial charge in [-0.15, -0.1) is 0 Å². The Kier molecular flexibility index (Phi) is 3.80. The van der Waals surface area contributed by atoms with Crippen LogP contribution in [0.15, 0.2) is 18.2 Å². The molecule has 0 spiro atoms. The maximum Gasteiger partial charge on any atom is 0.214 e. The van der Waals surface area contributed by atoms with Crippen LogP contribution < -0.4 is 9.47 Å². The summed E-state index contributed by atoms with van der Waals surface area (Å²) in [6.45, 7) is 0. The van der Waals surface area contributed by atoms with E-state index in [0.717, 1.165) is 6.26 Å². The van der Waals surface area contributed by atoms with Gasteiger partial charge in [0, 0.05) is 11.3 Å². The van der Waals surface area contributed by atoms with Crippen LogP contribution in [0.25, 0.3) is 0 Å². The van der Waals surface area contributed by atoms with E-state index in [9.17, 15) is 8.42 Å². The van der Waals surface area contributed by atoms with Gasteiger partial charge in [-0.1, -0.05) is 0 Å². The molecule has 0 saturated carbocycles. The zero-order valence-corrected chi connectivity index (χ0v) is 10.1. The van der Waals surface area contributed by atoms with Crippen LogP contribution in [0.5, 0.6) is 11.5 Å². The molecule has 0 fully saturated rings. The monoisotopic (exact) mass is 240 g/mol. The lowest BCUT2D eigenvalue weighted by atomic mass is 10.2. The zero-order valence-electron chi connectivity index (χ0n) is 9.27. The van der Waals surface area contributed by atoms with E-state index in [0.29, 0.717) is 17.1 Å². The minimum atomic E-state index is -3.31. The van der Waals surface area contributed by atoms with Crippen LogP contribution in [0.1, 0.15) is 5.56 Å². The van der Waals surface area contributed by atoms with E-state index < -0.39 is 9.84 Å². The first-order valence-electron chi connectivity index (χ1n) is 4.41. The van der Waals surface area contributed by atoms with E-state index in [4.69, 9.17) is 9.47 Å². The fourth-order valence-corrected chi connectivity index (χ4v) is 1.34. The highest BCUT2D eigenvalue weighted by Gasteiger charge is 2.02. The van der Waals surface area contributed by atoms with Gasteiger partial charge in [0.05, 0.1) is 26.0 Å². The summed E-state index contributed by atoms with van der Waals surface area (Å²) in [5, 5.41) is 2.15. The molecule has 5 heteroatoms. The van der Waals surface area contributed by atoms with Crippen molar-refractivity contribution < 1.29 is 17.9 Å². The second-order valence-electron chi connectivity index (χ2n) is 3.07. The Labute approximate surface area is 95.1 Å². The van der Waals surface area contributed by atoms with Gasteiger partial charge in [0.1, 0.15) is 11.5 Å². The molecule has 1 aromatic rings. The third-order valence-electron chi connectivity index (χ3n) is 1.78. The van der Waals surface area contributed by atoms with E-state index in [1.54, 1.807) is 18.2 Å². The SMILES string of the molecule is COc1ccc(C#CS(C)(=O)=O)c(OC)c1. The third kappa shape index (κ3) is 3.48. The van der Waals surface area contributed by atoms with Gasteiger partial charge < -0.3 is 9.47 Å². The van der Waals surface area contributed by atoms with Gasteiger partial charge >= 0.3 is 0 Å². The summed E-state index contributed by atoms with van der Waals surface area (Å²) in [6, 6.07) is 4.98. The van der Waals surface area contributed by atoms with Gasteiger partial charge in [-0.2, -0.15) is 0 Å². The number of hydrogen-bond donors (Lipinski definition) is 0. The number of sulfone groups is 1. The minimum Gasteiger partial charge on any atom is -0.497 e. The number of rotatable bonds is 2. The summed E-state index contributed by atoms with van der Waals surface area (Å²) >= 11 is 0. The molecule has 0 aliphatic heterocycles. The minimum absolute atomic E-state index is 0.482. The highest BCUT2D eigenvalue weighted by Crippen LogP contribution is 2.23. The van der Waals surface area contributed by atoms with Crippen molar-refractivity contribution in [3.8, 4) is 22.7 Å². The molecule has 0 atom stereocenters. The predicted molar refractivity (Wildman–Crippen MR) is 61.3 cm³/mol. The number of methoxy groups -OCH3 is 2. The first-order valence-corrected chi connectivity index (χ1v) is 6.30. The third-order valence-corrected chi connectivity index (χ3v) is 2.25. The molecule has 0 aliphatic carbocycles. The summed E-state index contributed by atoms with van der Waals surface area (Å²) in [6.07, 6.45) is 1.05. The Bertz CT molecular complexity index is 535. The van der Waals surface area contributed by atoms with Crippen LogP contribution in [0.3, 0.4) is 0 Å². The van der Waals surface area contributed by atoms with Crippen molar-refractivity contribution >= 4 is 9.84 Å². The first kappa shape index (κ1) is 12.4. The van der Waals surface area contributed by atoms with Gasteiger partial charge in [-0.3, -0.25) is 0 Å². The summed E-state index contributed by atoms with van der Waals surface area (Å²) in [5.41, 5.74) is 0.508. The lowest BCUT2D eigenvalue weighted by molar-refractivity contribution is 0.393. The predicted octanol–water partition coefficient (Wildman–Crippen LogP) is 1.06. The van der Waals surface area contributed by atoms with E-state index >= 15 is 0 Å². The second-order valence-corrected chi connectivity index (χ2v) is 4.81. The molecule has 0 amide bonds. The molecule has 1 aromatic carbocycles. The van der Waals surface area contributed by atoms with Crippen molar-refractivity contribution in [1.29, 1.82) is 0 Å². The molecule has 86 valence electrons. The molecule has 0 aromatic heterocycles. The lowest BCUT2D eigenvalue weighted by Crippen LogP contribution is -1.92. The molecule has 0 unspecified atom stereocenters. The topological polar surface area (TPSA) is 52.6 Å². The van der Waals surface area contributed by atoms with Crippen molar-refractivity contribution in [3.05, 3.63) is 23.8 Å². The molecule has 0 bridgehead atoms. The van der Waals surface area contributed by atoms with Crippen LogP contribution in [0.4, 0.5) is 0 Å². The van der Waals surface area contributed by atoms with Gasteiger partial charge in [0.15, 0.2) is 0 Å². The zero-order chi connectivity index (χ0) is 12.2. The largest absolute Gasteiger partial charge is 0.497 e. The Morgan fingerprint density at radius 1 is 1.19 bits per heavy atom. The Morgan fingerprint density at radius 3 is 2.38 bits per heavy atom. The van der Waals surface area contributed by atoms with E-state index in [1.807, 2.05) is 0 Å². The quantitative estimate of drug-likeness (QED) is 0.725. The van der Waals surface area contributed by atoms with Gasteiger partial charge in [-0.05, 0) is 18.1 Å². The molecule has 0 heterocycles. The second kappa shape index (κ2) is 4.90. The van der Waals surface area contributed by atoms with Crippen LogP contribution in [0.2, 0.25) is 0 Å². The summed E-state index contributed by atoms with van der Waals surface area (Å²) in [4.78, 5) is 0. The molecule has 0 aliphatic rings.